The lowest BCUT2D eigenvalue weighted by atomic mass is 9.41. The van der Waals surface area contributed by atoms with Crippen LogP contribution in [0.5, 0.6) is 0 Å². The molecule has 3 aliphatic heterocycles. The van der Waals surface area contributed by atoms with Crippen molar-refractivity contribution < 1.29 is 28.6 Å². The minimum Gasteiger partial charge on any atom is -0.468 e. The summed E-state index contributed by atoms with van der Waals surface area (Å²) in [6, 6.07) is 1.75. The van der Waals surface area contributed by atoms with Crippen LogP contribution in [-0.4, -0.2) is 35.4 Å². The van der Waals surface area contributed by atoms with E-state index in [1.54, 1.807) is 19.3 Å². The zero-order valence-corrected chi connectivity index (χ0v) is 14.0. The van der Waals surface area contributed by atoms with Crippen LogP contribution < -0.4 is 0 Å². The monoisotopic (exact) mass is 344 g/mol. The number of ketones is 1. The van der Waals surface area contributed by atoms with Gasteiger partial charge in [-0.3, -0.25) is 9.59 Å². The zero-order valence-electron chi connectivity index (χ0n) is 14.0. The fraction of sp³-hybridized carbons (Fsp3) is 0.684. The highest BCUT2D eigenvalue weighted by atomic mass is 16.6. The molecule has 0 radical (unpaired) electrons. The van der Waals surface area contributed by atoms with E-state index in [-0.39, 0.29) is 41.0 Å². The fourth-order valence-corrected chi connectivity index (χ4v) is 6.94. The molecule has 3 aliphatic carbocycles. The number of Topliss-reactive ketones (excluding diaryl/α,β-unsaturated/α-hetero) is 1. The Kier molecular flexibility index (Phi) is 2.33. The molecule has 2 bridgehead atoms. The molecule has 25 heavy (non-hydrogen) atoms. The summed E-state index contributed by atoms with van der Waals surface area (Å²) >= 11 is 0. The lowest BCUT2D eigenvalue weighted by Crippen LogP contribution is -2.72. The van der Waals surface area contributed by atoms with E-state index in [2.05, 4.69) is 0 Å². The van der Waals surface area contributed by atoms with Gasteiger partial charge in [-0.15, -0.1) is 0 Å². The Morgan fingerprint density at radius 1 is 1.28 bits per heavy atom. The van der Waals surface area contributed by atoms with Gasteiger partial charge in [0.15, 0.2) is 11.6 Å². The predicted octanol–water partition coefficient (Wildman–Crippen LogP) is 2.02. The van der Waals surface area contributed by atoms with Gasteiger partial charge in [0.1, 0.15) is 17.3 Å². The fourth-order valence-electron chi connectivity index (χ4n) is 6.94. The molecule has 1 aromatic heterocycles. The molecule has 6 aliphatic rings. The van der Waals surface area contributed by atoms with E-state index >= 15 is 0 Å². The van der Waals surface area contributed by atoms with Crippen LogP contribution in [-0.2, 0) is 14.3 Å². The van der Waals surface area contributed by atoms with Gasteiger partial charge in [-0.2, -0.15) is 0 Å². The van der Waals surface area contributed by atoms with Crippen molar-refractivity contribution in [2.75, 3.05) is 6.61 Å². The molecule has 7 rings (SSSR count). The van der Waals surface area contributed by atoms with Gasteiger partial charge in [0, 0.05) is 30.1 Å². The van der Waals surface area contributed by atoms with Gasteiger partial charge in [0.25, 0.3) is 0 Å². The number of esters is 1. The number of carbonyl (C=O) groups excluding carboxylic acids is 2. The van der Waals surface area contributed by atoms with Crippen LogP contribution in [0.15, 0.2) is 16.7 Å². The first-order valence-electron chi connectivity index (χ1n) is 9.09. The Morgan fingerprint density at radius 3 is 2.88 bits per heavy atom. The number of aliphatic hydroxyl groups is 1. The van der Waals surface area contributed by atoms with E-state index in [9.17, 15) is 14.7 Å². The second-order valence-corrected chi connectivity index (χ2v) is 8.70. The van der Waals surface area contributed by atoms with Crippen molar-refractivity contribution in [3.05, 3.63) is 23.7 Å². The van der Waals surface area contributed by atoms with Gasteiger partial charge in [0.2, 0.25) is 0 Å². The average Bonchev–Trinajstić information content (AvgIpc) is 3.17. The van der Waals surface area contributed by atoms with E-state index < -0.39 is 11.2 Å². The van der Waals surface area contributed by atoms with Crippen molar-refractivity contribution in [1.82, 2.24) is 0 Å². The lowest BCUT2D eigenvalue weighted by molar-refractivity contribution is -0.373. The first-order valence-corrected chi connectivity index (χ1v) is 9.09. The molecule has 0 amide bonds. The molecule has 6 nitrogen and oxygen atoms in total. The van der Waals surface area contributed by atoms with Crippen LogP contribution in [0.25, 0.3) is 0 Å². The highest BCUT2D eigenvalue weighted by molar-refractivity contribution is 5.98. The van der Waals surface area contributed by atoms with Crippen molar-refractivity contribution in [3.8, 4) is 0 Å². The average molecular weight is 344 g/mol. The first-order chi connectivity index (χ1) is 11.9. The van der Waals surface area contributed by atoms with Crippen LogP contribution in [0.1, 0.15) is 54.6 Å². The van der Waals surface area contributed by atoms with E-state index in [4.69, 9.17) is 13.9 Å². The molecule has 1 unspecified atom stereocenters. The highest BCUT2D eigenvalue weighted by Gasteiger charge is 2.80. The minimum atomic E-state index is -1.45. The molecule has 1 spiro atoms. The van der Waals surface area contributed by atoms with Gasteiger partial charge in [0.05, 0.1) is 18.4 Å². The first kappa shape index (κ1) is 14.5. The second kappa shape index (κ2) is 4.01. The zero-order chi connectivity index (χ0) is 17.2. The van der Waals surface area contributed by atoms with Gasteiger partial charge in [-0.25, -0.2) is 0 Å². The Bertz CT molecular complexity index is 816. The third kappa shape index (κ3) is 1.33. The molecule has 1 aromatic rings. The van der Waals surface area contributed by atoms with E-state index in [1.165, 1.54) is 0 Å². The van der Waals surface area contributed by atoms with Crippen LogP contribution in [0.3, 0.4) is 0 Å². The number of hydrogen-bond acceptors (Lipinski definition) is 6. The number of hydrogen-bond donors (Lipinski definition) is 1. The van der Waals surface area contributed by atoms with Crippen LogP contribution >= 0.6 is 0 Å². The predicted molar refractivity (Wildman–Crippen MR) is 82.5 cm³/mol. The number of fused-ring (bicyclic) bond motifs is 5. The molecule has 4 heterocycles. The summed E-state index contributed by atoms with van der Waals surface area (Å²) in [7, 11) is 0. The smallest absolute Gasteiger partial charge is 0.318 e. The van der Waals surface area contributed by atoms with Gasteiger partial charge >= 0.3 is 5.97 Å². The molecule has 7 atom stereocenters. The van der Waals surface area contributed by atoms with Crippen molar-refractivity contribution in [1.29, 1.82) is 0 Å². The number of ether oxygens (including phenoxy) is 2. The molecule has 132 valence electrons. The maximum atomic E-state index is 12.8. The largest absolute Gasteiger partial charge is 0.468 e. The van der Waals surface area contributed by atoms with Crippen LogP contribution in [0.4, 0.5) is 0 Å². The minimum absolute atomic E-state index is 0.0620. The molecule has 2 saturated carbocycles. The molecular weight excluding hydrogens is 324 g/mol. The third-order valence-electron chi connectivity index (χ3n) is 8.06. The summed E-state index contributed by atoms with van der Waals surface area (Å²) in [5, 5.41) is 11.0. The molecule has 0 aromatic carbocycles. The molecule has 1 N–H and O–H groups in total. The number of carbonyl (C=O) groups is 2. The molecule has 3 saturated heterocycles. The second-order valence-electron chi connectivity index (χ2n) is 8.70. The van der Waals surface area contributed by atoms with Crippen molar-refractivity contribution in [3.63, 3.8) is 0 Å². The van der Waals surface area contributed by atoms with E-state index in [0.717, 1.165) is 12.2 Å². The Hall–Kier alpha value is -1.66. The summed E-state index contributed by atoms with van der Waals surface area (Å²) in [5.74, 6) is -0.942. The molecular formula is C19H20O6. The Labute approximate surface area is 144 Å². The summed E-state index contributed by atoms with van der Waals surface area (Å²) in [4.78, 5) is 25.5. The molecule has 5 fully saturated rings. The summed E-state index contributed by atoms with van der Waals surface area (Å²) < 4.78 is 17.4. The van der Waals surface area contributed by atoms with Crippen molar-refractivity contribution >= 4 is 11.8 Å². The maximum absolute atomic E-state index is 12.8. The van der Waals surface area contributed by atoms with Crippen LogP contribution in [0, 0.1) is 22.7 Å². The summed E-state index contributed by atoms with van der Waals surface area (Å²) in [6.07, 6.45) is 3.59. The topological polar surface area (TPSA) is 86.0 Å². The normalized spacial score (nSPS) is 52.4. The molecule has 6 heteroatoms. The van der Waals surface area contributed by atoms with Crippen molar-refractivity contribution in [2.24, 2.45) is 22.7 Å². The number of rotatable bonds is 0. The van der Waals surface area contributed by atoms with Gasteiger partial charge in [-0.05, 0) is 31.7 Å². The maximum Gasteiger partial charge on any atom is 0.318 e. The van der Waals surface area contributed by atoms with E-state index in [0.29, 0.717) is 31.4 Å². The van der Waals surface area contributed by atoms with E-state index in [1.807, 2.05) is 0 Å². The van der Waals surface area contributed by atoms with Gasteiger partial charge in [-0.1, -0.05) is 0 Å². The highest BCUT2D eigenvalue weighted by Crippen LogP contribution is 2.73. The lowest BCUT2D eigenvalue weighted by Gasteiger charge is -2.66. The quantitative estimate of drug-likeness (QED) is 0.725. The van der Waals surface area contributed by atoms with Crippen LogP contribution in [0.2, 0.25) is 0 Å². The SMILES string of the molecule is C[C@]12C(=O)O[C@@H]3C[C@H]4c5occc5C(=O)C[C@H]4[C@]4(CCC1(O)OC4)[C@@H]32. The Balaban J connectivity index is 1.57. The summed E-state index contributed by atoms with van der Waals surface area (Å²) in [6.45, 7) is 2.16. The Morgan fingerprint density at radius 2 is 2.12 bits per heavy atom. The van der Waals surface area contributed by atoms with Crippen molar-refractivity contribution in [2.45, 2.75) is 50.4 Å². The van der Waals surface area contributed by atoms with Gasteiger partial charge < -0.3 is 19.0 Å². The number of furan rings is 1. The third-order valence-corrected chi connectivity index (χ3v) is 8.06. The summed E-state index contributed by atoms with van der Waals surface area (Å²) in [5.41, 5.74) is -0.697. The standard InChI is InChI=1S/C19H20O6/c1-17-15-13(25-16(17)21)6-10-11(7-12(20)9-2-5-23-14(9)10)18(15)3-4-19(17,22)24-8-18/h2,5,10-11,13,15,22H,3-4,6-8H2,1H3/t10-,11-,13-,15+,17+,18-,19?/m1/s1.